The van der Waals surface area contributed by atoms with E-state index in [1.165, 1.54) is 6.26 Å². The second kappa shape index (κ2) is 3.19. The summed E-state index contributed by atoms with van der Waals surface area (Å²) in [6, 6.07) is 3.41. The highest BCUT2D eigenvalue weighted by Gasteiger charge is 2.18. The molecule has 0 bridgehead atoms. The lowest BCUT2D eigenvalue weighted by Gasteiger charge is -1.83. The second-order valence-electron chi connectivity index (χ2n) is 2.90. The van der Waals surface area contributed by atoms with E-state index in [4.69, 9.17) is 14.7 Å². The van der Waals surface area contributed by atoms with Crippen LogP contribution in [-0.2, 0) is 0 Å². The Hall–Kier alpha value is -2.64. The summed E-state index contributed by atoms with van der Waals surface area (Å²) < 4.78 is 14.5. The molecule has 8 nitrogen and oxygen atoms in total. The molecule has 0 amide bonds. The van der Waals surface area contributed by atoms with Gasteiger partial charge in [0.05, 0.1) is 6.26 Å². The second-order valence-corrected chi connectivity index (χ2v) is 2.90. The summed E-state index contributed by atoms with van der Waals surface area (Å²) in [4.78, 5) is 4.04. The van der Waals surface area contributed by atoms with E-state index < -0.39 is 0 Å². The van der Waals surface area contributed by atoms with Crippen LogP contribution in [0.15, 0.2) is 32.0 Å². The van der Waals surface area contributed by atoms with Crippen LogP contribution < -0.4 is 5.73 Å². The van der Waals surface area contributed by atoms with Gasteiger partial charge in [-0.3, -0.25) is 0 Å². The van der Waals surface area contributed by atoms with E-state index in [0.717, 1.165) is 0 Å². The Bertz CT molecular complexity index is 597. The maximum absolute atomic E-state index is 5.49. The lowest BCUT2D eigenvalue weighted by Crippen LogP contribution is -1.89. The zero-order valence-electron chi connectivity index (χ0n) is 7.82. The van der Waals surface area contributed by atoms with Crippen molar-refractivity contribution in [1.29, 1.82) is 0 Å². The number of rotatable bonds is 2. The van der Waals surface area contributed by atoms with E-state index in [-0.39, 0.29) is 23.2 Å². The molecular weight excluding hydrogens is 214 g/mol. The molecule has 0 saturated carbocycles. The molecule has 16 heavy (non-hydrogen) atoms. The first-order chi connectivity index (χ1) is 7.84. The maximum atomic E-state index is 5.49. The fourth-order valence-corrected chi connectivity index (χ4v) is 1.17. The SMILES string of the molecule is Nc1nonc1-c1noc(-c2ccco2)n1. The van der Waals surface area contributed by atoms with Crippen molar-refractivity contribution in [3.05, 3.63) is 18.4 Å². The van der Waals surface area contributed by atoms with Gasteiger partial charge in [-0.1, -0.05) is 5.16 Å². The van der Waals surface area contributed by atoms with Gasteiger partial charge in [0.2, 0.25) is 5.82 Å². The van der Waals surface area contributed by atoms with Gasteiger partial charge in [0.1, 0.15) is 0 Å². The molecule has 0 fully saturated rings. The van der Waals surface area contributed by atoms with Gasteiger partial charge in [0.25, 0.3) is 5.89 Å². The Labute approximate surface area is 88.0 Å². The average Bonchev–Trinajstić information content (AvgIpc) is 2.96. The van der Waals surface area contributed by atoms with Crippen molar-refractivity contribution in [3.63, 3.8) is 0 Å². The highest BCUT2D eigenvalue weighted by Crippen LogP contribution is 2.23. The molecule has 3 heterocycles. The average molecular weight is 219 g/mol. The van der Waals surface area contributed by atoms with Crippen LogP contribution in [0.5, 0.6) is 0 Å². The number of nitrogens with zero attached hydrogens (tertiary/aromatic N) is 4. The van der Waals surface area contributed by atoms with Crippen molar-refractivity contribution in [1.82, 2.24) is 20.5 Å². The van der Waals surface area contributed by atoms with Gasteiger partial charge >= 0.3 is 0 Å². The van der Waals surface area contributed by atoms with E-state index in [0.29, 0.717) is 5.76 Å². The van der Waals surface area contributed by atoms with Crippen LogP contribution in [-0.4, -0.2) is 20.5 Å². The van der Waals surface area contributed by atoms with Crippen molar-refractivity contribution in [2.45, 2.75) is 0 Å². The maximum Gasteiger partial charge on any atom is 0.293 e. The smallest absolute Gasteiger partial charge is 0.293 e. The Morgan fingerprint density at radius 1 is 1.19 bits per heavy atom. The van der Waals surface area contributed by atoms with E-state index in [2.05, 4.69) is 25.1 Å². The van der Waals surface area contributed by atoms with Crippen LogP contribution in [0.1, 0.15) is 0 Å². The van der Waals surface area contributed by atoms with Gasteiger partial charge in [-0.25, -0.2) is 4.63 Å². The minimum Gasteiger partial charge on any atom is -0.459 e. The van der Waals surface area contributed by atoms with Crippen molar-refractivity contribution < 1.29 is 13.6 Å². The topological polar surface area (TPSA) is 117 Å². The standard InChI is InChI=1S/C8H5N5O3/c9-6-5(11-16-12-6)7-10-8(15-13-7)4-2-1-3-14-4/h1-3H,(H2,9,12). The molecule has 0 aliphatic rings. The lowest BCUT2D eigenvalue weighted by molar-refractivity contribution is 0.310. The molecule has 0 spiro atoms. The van der Waals surface area contributed by atoms with Crippen molar-refractivity contribution >= 4 is 5.82 Å². The van der Waals surface area contributed by atoms with E-state index in [9.17, 15) is 0 Å². The summed E-state index contributed by atoms with van der Waals surface area (Å²) in [7, 11) is 0. The number of nitrogens with two attached hydrogens (primary N) is 1. The third-order valence-electron chi connectivity index (χ3n) is 1.88. The predicted octanol–water partition coefficient (Wildman–Crippen LogP) is 0.962. The summed E-state index contributed by atoms with van der Waals surface area (Å²) in [5, 5.41) is 10.7. The number of furan rings is 1. The highest BCUT2D eigenvalue weighted by atomic mass is 16.6. The van der Waals surface area contributed by atoms with Gasteiger partial charge in [0.15, 0.2) is 17.3 Å². The minimum absolute atomic E-state index is 0.104. The molecule has 8 heteroatoms. The lowest BCUT2D eigenvalue weighted by atomic mass is 10.4. The molecule has 0 saturated heterocycles. The Morgan fingerprint density at radius 3 is 2.81 bits per heavy atom. The number of hydrogen-bond acceptors (Lipinski definition) is 8. The molecule has 2 N–H and O–H groups in total. The zero-order valence-corrected chi connectivity index (χ0v) is 7.82. The first-order valence-electron chi connectivity index (χ1n) is 4.30. The van der Waals surface area contributed by atoms with Crippen LogP contribution in [0, 0.1) is 0 Å². The van der Waals surface area contributed by atoms with Gasteiger partial charge in [-0.2, -0.15) is 4.98 Å². The van der Waals surface area contributed by atoms with Crippen LogP contribution in [0.2, 0.25) is 0 Å². The van der Waals surface area contributed by atoms with Crippen LogP contribution in [0.4, 0.5) is 5.82 Å². The first-order valence-corrected chi connectivity index (χ1v) is 4.30. The Kier molecular flexibility index (Phi) is 1.72. The summed E-state index contributed by atoms with van der Waals surface area (Å²) in [6.45, 7) is 0. The third-order valence-corrected chi connectivity index (χ3v) is 1.88. The molecule has 0 radical (unpaired) electrons. The van der Waals surface area contributed by atoms with Gasteiger partial charge in [0, 0.05) is 0 Å². The van der Waals surface area contributed by atoms with Gasteiger partial charge in [-0.15, -0.1) is 0 Å². The highest BCUT2D eigenvalue weighted by molar-refractivity contribution is 5.63. The van der Waals surface area contributed by atoms with Crippen molar-refractivity contribution in [2.24, 2.45) is 0 Å². The van der Waals surface area contributed by atoms with Crippen molar-refractivity contribution in [2.75, 3.05) is 5.73 Å². The Morgan fingerprint density at radius 2 is 2.12 bits per heavy atom. The summed E-state index contributed by atoms with van der Waals surface area (Å²) in [5.41, 5.74) is 5.73. The van der Waals surface area contributed by atoms with Crippen LogP contribution in [0.3, 0.4) is 0 Å². The van der Waals surface area contributed by atoms with Crippen molar-refractivity contribution in [3.8, 4) is 23.2 Å². The molecular formula is C8H5N5O3. The summed E-state index contributed by atoms with van der Waals surface area (Å²) >= 11 is 0. The first kappa shape index (κ1) is 8.65. The fourth-order valence-electron chi connectivity index (χ4n) is 1.17. The number of aromatic nitrogens is 4. The van der Waals surface area contributed by atoms with Crippen LogP contribution >= 0.6 is 0 Å². The summed E-state index contributed by atoms with van der Waals surface area (Å²) in [6.07, 6.45) is 1.51. The van der Waals surface area contributed by atoms with Gasteiger partial charge < -0.3 is 14.7 Å². The monoisotopic (exact) mass is 219 g/mol. The number of hydrogen-bond donors (Lipinski definition) is 1. The van der Waals surface area contributed by atoms with Gasteiger partial charge in [-0.05, 0) is 22.4 Å². The minimum atomic E-state index is 0.104. The third kappa shape index (κ3) is 1.24. The molecule has 3 rings (SSSR count). The molecule has 0 unspecified atom stereocenters. The molecule has 80 valence electrons. The predicted molar refractivity (Wildman–Crippen MR) is 49.7 cm³/mol. The van der Waals surface area contributed by atoms with Crippen LogP contribution in [0.25, 0.3) is 23.2 Å². The van der Waals surface area contributed by atoms with E-state index in [1.54, 1.807) is 12.1 Å². The molecule has 3 aromatic rings. The van der Waals surface area contributed by atoms with E-state index >= 15 is 0 Å². The number of anilines is 1. The largest absolute Gasteiger partial charge is 0.459 e. The summed E-state index contributed by atoms with van der Waals surface area (Å²) in [5.74, 6) is 1.01. The Balaban J connectivity index is 2.03. The molecule has 0 atom stereocenters. The zero-order chi connectivity index (χ0) is 11.0. The molecule has 0 aliphatic carbocycles. The molecule has 3 aromatic heterocycles. The fraction of sp³-hybridized carbons (Fsp3) is 0. The van der Waals surface area contributed by atoms with E-state index in [1.807, 2.05) is 0 Å². The quantitative estimate of drug-likeness (QED) is 0.677. The molecule has 0 aromatic carbocycles. The normalized spacial score (nSPS) is 10.8. The molecule has 0 aliphatic heterocycles. The number of nitrogen functional groups attached to an aromatic ring is 1.